The third-order valence-electron chi connectivity index (χ3n) is 8.42. The largest absolute Gasteiger partial charge is 0.383 e. The van der Waals surface area contributed by atoms with Crippen LogP contribution in [0, 0.1) is 5.92 Å². The molecule has 0 bridgehead atoms. The smallest absolute Gasteiger partial charge is 0.163 e. The molecule has 1 saturated heterocycles. The van der Waals surface area contributed by atoms with Crippen molar-refractivity contribution in [3.05, 3.63) is 51.9 Å². The van der Waals surface area contributed by atoms with Crippen molar-refractivity contribution >= 4 is 49.5 Å². The minimum atomic E-state index is -0.607. The molecule has 0 amide bonds. The lowest BCUT2D eigenvalue weighted by Gasteiger charge is -2.25. The fourth-order valence-electron chi connectivity index (χ4n) is 6.91. The standard InChI is InChI=1S/C28H31BrN6O2/c1-28(2)36-23-16(9-7-14-6-8-15-11-18(29)25(30)34-19(15)10-14)12-21(24(23)37-28)35-20-5-3-4-17(20)22-26(31)32-13-33-27(22)35/h6,8,10-11,13,16,21,23-24H,3-5,7,9,12H2,1-2H3,(H2,30,34)(H2,31,32,33)/t16-,21+,23+,24-/m0/s1. The van der Waals surface area contributed by atoms with Gasteiger partial charge in [-0.25, -0.2) is 15.0 Å². The Morgan fingerprint density at radius 3 is 2.78 bits per heavy atom. The maximum Gasteiger partial charge on any atom is 0.163 e. The van der Waals surface area contributed by atoms with E-state index in [0.717, 1.165) is 64.9 Å². The van der Waals surface area contributed by atoms with Crippen molar-refractivity contribution in [2.45, 2.75) is 76.4 Å². The third kappa shape index (κ3) is 3.73. The minimum absolute atomic E-state index is 0.0214. The highest BCUT2D eigenvalue weighted by Gasteiger charge is 2.55. The number of pyridine rings is 1. The van der Waals surface area contributed by atoms with E-state index in [4.69, 9.17) is 25.9 Å². The molecule has 37 heavy (non-hydrogen) atoms. The van der Waals surface area contributed by atoms with Gasteiger partial charge in [0.2, 0.25) is 0 Å². The summed E-state index contributed by atoms with van der Waals surface area (Å²) >= 11 is 3.47. The first kappa shape index (κ1) is 23.4. The fraction of sp³-hybridized carbons (Fsp3) is 0.464. The number of rotatable bonds is 4. The predicted octanol–water partition coefficient (Wildman–Crippen LogP) is 5.11. The number of fused-ring (bicyclic) bond motifs is 5. The number of hydrogen-bond donors (Lipinski definition) is 2. The Balaban J connectivity index is 1.21. The van der Waals surface area contributed by atoms with Crippen LogP contribution >= 0.6 is 15.9 Å². The second kappa shape index (κ2) is 8.38. The Morgan fingerprint density at radius 2 is 1.92 bits per heavy atom. The molecule has 1 aromatic carbocycles. The van der Waals surface area contributed by atoms with E-state index in [-0.39, 0.29) is 18.2 Å². The number of aryl methyl sites for hydroxylation is 2. The Kier molecular flexibility index (Phi) is 5.29. The summed E-state index contributed by atoms with van der Waals surface area (Å²) in [7, 11) is 0. The van der Waals surface area contributed by atoms with Crippen LogP contribution in [-0.2, 0) is 28.7 Å². The van der Waals surface area contributed by atoms with Gasteiger partial charge in [0, 0.05) is 11.1 Å². The molecule has 2 aliphatic carbocycles. The zero-order valence-electron chi connectivity index (χ0n) is 21.1. The Labute approximate surface area is 223 Å². The molecule has 4 atom stereocenters. The fourth-order valence-corrected chi connectivity index (χ4v) is 7.25. The molecule has 9 heteroatoms. The maximum atomic E-state index is 6.57. The minimum Gasteiger partial charge on any atom is -0.383 e. The van der Waals surface area contributed by atoms with Crippen LogP contribution in [0.3, 0.4) is 0 Å². The van der Waals surface area contributed by atoms with Crippen molar-refractivity contribution in [1.82, 2.24) is 19.5 Å². The maximum absolute atomic E-state index is 6.57. The van der Waals surface area contributed by atoms with E-state index in [1.165, 1.54) is 16.8 Å². The SMILES string of the molecule is CC1(C)O[C@@H]2[C@@H](CCc3ccc4cc(Br)c(N)nc4c3)C[C@@H](n3c4c(c5c(N)ncnc53)CCC4)[C@@H]2O1. The van der Waals surface area contributed by atoms with Crippen LogP contribution in [0.1, 0.15) is 56.0 Å². The molecule has 3 aromatic heterocycles. The van der Waals surface area contributed by atoms with Crippen molar-refractivity contribution in [1.29, 1.82) is 0 Å². The molecule has 4 aromatic rings. The summed E-state index contributed by atoms with van der Waals surface area (Å²) in [5.74, 6) is 0.851. The van der Waals surface area contributed by atoms with Crippen molar-refractivity contribution in [3.63, 3.8) is 0 Å². The van der Waals surface area contributed by atoms with Crippen LogP contribution in [0.15, 0.2) is 35.1 Å². The third-order valence-corrected chi connectivity index (χ3v) is 9.05. The van der Waals surface area contributed by atoms with Gasteiger partial charge in [-0.15, -0.1) is 0 Å². The van der Waals surface area contributed by atoms with Gasteiger partial charge < -0.3 is 25.5 Å². The van der Waals surface area contributed by atoms with E-state index in [1.807, 2.05) is 19.9 Å². The second-order valence-electron chi connectivity index (χ2n) is 11.2. The zero-order chi connectivity index (χ0) is 25.5. The van der Waals surface area contributed by atoms with Crippen LogP contribution < -0.4 is 11.5 Å². The van der Waals surface area contributed by atoms with Gasteiger partial charge in [-0.2, -0.15) is 0 Å². The number of nitrogens with zero attached hydrogens (tertiary/aromatic N) is 4. The predicted molar refractivity (Wildman–Crippen MR) is 147 cm³/mol. The Bertz CT molecular complexity index is 1550. The molecule has 0 radical (unpaired) electrons. The van der Waals surface area contributed by atoms with Crippen molar-refractivity contribution in [3.8, 4) is 0 Å². The number of ether oxygens (including phenoxy) is 2. The van der Waals surface area contributed by atoms with Crippen molar-refractivity contribution < 1.29 is 9.47 Å². The van der Waals surface area contributed by atoms with Crippen molar-refractivity contribution in [2.75, 3.05) is 11.5 Å². The van der Waals surface area contributed by atoms with E-state index in [9.17, 15) is 0 Å². The van der Waals surface area contributed by atoms with Crippen LogP contribution in [0.25, 0.3) is 21.9 Å². The summed E-state index contributed by atoms with van der Waals surface area (Å²) in [5.41, 5.74) is 18.2. The topological polar surface area (TPSA) is 114 Å². The molecule has 3 aliphatic rings. The van der Waals surface area contributed by atoms with Crippen molar-refractivity contribution in [2.24, 2.45) is 5.92 Å². The first-order valence-corrected chi connectivity index (χ1v) is 13.9. The molecule has 7 rings (SSSR count). The van der Waals surface area contributed by atoms with E-state index >= 15 is 0 Å². The molecule has 192 valence electrons. The number of benzene rings is 1. The second-order valence-corrected chi connectivity index (χ2v) is 12.0. The van der Waals surface area contributed by atoms with Gasteiger partial charge in [-0.05, 0) is 97.5 Å². The summed E-state index contributed by atoms with van der Waals surface area (Å²) in [5, 5.41) is 2.11. The molecule has 1 aliphatic heterocycles. The molecule has 2 fully saturated rings. The van der Waals surface area contributed by atoms with Crippen LogP contribution in [0.2, 0.25) is 0 Å². The summed E-state index contributed by atoms with van der Waals surface area (Å²) in [6.45, 7) is 4.05. The lowest BCUT2D eigenvalue weighted by Crippen LogP contribution is -2.28. The van der Waals surface area contributed by atoms with Gasteiger partial charge in [-0.1, -0.05) is 12.1 Å². The first-order valence-electron chi connectivity index (χ1n) is 13.1. The lowest BCUT2D eigenvalue weighted by molar-refractivity contribution is -0.160. The normalized spacial score (nSPS) is 26.2. The van der Waals surface area contributed by atoms with Gasteiger partial charge in [0.1, 0.15) is 29.7 Å². The summed E-state index contributed by atoms with van der Waals surface area (Å²) in [6.07, 6.45) is 7.74. The average molecular weight is 564 g/mol. The van der Waals surface area contributed by atoms with Crippen LogP contribution in [0.4, 0.5) is 11.6 Å². The molecular weight excluding hydrogens is 532 g/mol. The van der Waals surface area contributed by atoms with Crippen LogP contribution in [0.5, 0.6) is 0 Å². The molecular formula is C28H31BrN6O2. The highest BCUT2D eigenvalue weighted by Crippen LogP contribution is 2.51. The summed E-state index contributed by atoms with van der Waals surface area (Å²) in [6, 6.07) is 8.66. The van der Waals surface area contributed by atoms with Gasteiger partial charge in [0.15, 0.2) is 5.79 Å². The Morgan fingerprint density at radius 1 is 1.08 bits per heavy atom. The zero-order valence-corrected chi connectivity index (χ0v) is 22.7. The number of hydrogen-bond acceptors (Lipinski definition) is 7. The summed E-state index contributed by atoms with van der Waals surface area (Å²) < 4.78 is 16.4. The quantitative estimate of drug-likeness (QED) is 0.355. The lowest BCUT2D eigenvalue weighted by atomic mass is 9.95. The number of anilines is 2. The Hall–Kier alpha value is -2.75. The molecule has 4 N–H and O–H groups in total. The monoisotopic (exact) mass is 562 g/mol. The molecule has 1 saturated carbocycles. The van der Waals surface area contributed by atoms with E-state index < -0.39 is 5.79 Å². The molecule has 0 spiro atoms. The van der Waals surface area contributed by atoms with Crippen LogP contribution in [-0.4, -0.2) is 37.5 Å². The summed E-state index contributed by atoms with van der Waals surface area (Å²) in [4.78, 5) is 13.6. The number of aromatic nitrogens is 4. The van der Waals surface area contributed by atoms with E-state index in [2.05, 4.69) is 48.7 Å². The van der Waals surface area contributed by atoms with Gasteiger partial charge in [0.25, 0.3) is 0 Å². The van der Waals surface area contributed by atoms with E-state index in [1.54, 1.807) is 6.33 Å². The molecule has 8 nitrogen and oxygen atoms in total. The number of halogens is 1. The van der Waals surface area contributed by atoms with Gasteiger partial charge in [-0.3, -0.25) is 0 Å². The average Bonchev–Trinajstić information content (AvgIpc) is 3.58. The number of nitrogen functional groups attached to an aromatic ring is 2. The first-order chi connectivity index (χ1) is 17.8. The molecule has 0 unspecified atom stereocenters. The van der Waals surface area contributed by atoms with E-state index in [0.29, 0.717) is 17.6 Å². The van der Waals surface area contributed by atoms with Gasteiger partial charge in [0.05, 0.1) is 27.5 Å². The highest BCUT2D eigenvalue weighted by atomic mass is 79.9. The highest BCUT2D eigenvalue weighted by molar-refractivity contribution is 9.10. The number of nitrogens with two attached hydrogens (primary N) is 2. The van der Waals surface area contributed by atoms with Gasteiger partial charge >= 0.3 is 0 Å². The molecule has 4 heterocycles.